The smallest absolute Gasteiger partial charge is 0.341 e. The van der Waals surface area contributed by atoms with E-state index in [1.54, 1.807) is 42.5 Å². The van der Waals surface area contributed by atoms with Gasteiger partial charge in [0, 0.05) is 17.4 Å². The number of carboxylic acids is 1. The van der Waals surface area contributed by atoms with Crippen molar-refractivity contribution in [3.63, 3.8) is 0 Å². The number of halogens is 2. The van der Waals surface area contributed by atoms with E-state index in [-0.39, 0.29) is 12.1 Å². The van der Waals surface area contributed by atoms with E-state index in [1.165, 1.54) is 4.57 Å². The van der Waals surface area contributed by atoms with Gasteiger partial charge in [-0.15, -0.1) is 0 Å². The minimum Gasteiger partial charge on any atom is -0.477 e. The summed E-state index contributed by atoms with van der Waals surface area (Å²) in [6.07, 6.45) is 1.01. The molecule has 0 aliphatic rings. The fraction of sp³-hybridized carbons (Fsp3) is 0.0455. The van der Waals surface area contributed by atoms with Gasteiger partial charge in [0.25, 0.3) is 0 Å². The van der Waals surface area contributed by atoms with Crippen LogP contribution < -0.4 is 11.2 Å². The molecule has 0 saturated heterocycles. The number of aromatic nitrogens is 2. The molecule has 2 aromatic heterocycles. The normalized spacial score (nSPS) is 11.0. The fourth-order valence-electron chi connectivity index (χ4n) is 3.29. The molecule has 0 saturated carbocycles. The Labute approximate surface area is 168 Å². The molecule has 0 spiro atoms. The largest absolute Gasteiger partial charge is 0.477 e. The standard InChI is InChI=1S/C22H15F2N3O3/c23-16-8-9-17(24)20-19(16)21(28)15(22(29)30)11-27(20)10-14-2-1-3-18(26-14)12-4-6-13(25)7-5-12/h1-9,11H,10,25H2,(H,29,30). The average Bonchev–Trinajstić information content (AvgIpc) is 2.72. The van der Waals surface area contributed by atoms with Crippen molar-refractivity contribution in [3.05, 3.63) is 93.9 Å². The van der Waals surface area contributed by atoms with Crippen LogP contribution in [0.25, 0.3) is 22.2 Å². The number of hydrogen-bond acceptors (Lipinski definition) is 4. The van der Waals surface area contributed by atoms with Gasteiger partial charge in [0.2, 0.25) is 5.43 Å². The molecule has 4 rings (SSSR count). The first-order valence-electron chi connectivity index (χ1n) is 8.91. The topological polar surface area (TPSA) is 98.2 Å². The molecule has 4 aromatic rings. The molecule has 0 aliphatic carbocycles. The van der Waals surface area contributed by atoms with Crippen molar-refractivity contribution in [3.8, 4) is 11.3 Å². The van der Waals surface area contributed by atoms with E-state index in [0.29, 0.717) is 17.1 Å². The number of anilines is 1. The summed E-state index contributed by atoms with van der Waals surface area (Å²) in [5.74, 6) is -3.35. The van der Waals surface area contributed by atoms with Crippen LogP contribution in [0.1, 0.15) is 16.1 Å². The first-order valence-corrected chi connectivity index (χ1v) is 8.91. The number of carbonyl (C=O) groups is 1. The molecule has 0 radical (unpaired) electrons. The summed E-state index contributed by atoms with van der Waals surface area (Å²) < 4.78 is 30.0. The first-order chi connectivity index (χ1) is 14.3. The highest BCUT2D eigenvalue weighted by Crippen LogP contribution is 2.22. The van der Waals surface area contributed by atoms with Crippen LogP contribution in [-0.2, 0) is 6.54 Å². The molecule has 0 fully saturated rings. The highest BCUT2D eigenvalue weighted by Gasteiger charge is 2.20. The highest BCUT2D eigenvalue weighted by atomic mass is 19.1. The van der Waals surface area contributed by atoms with Crippen LogP contribution in [0.3, 0.4) is 0 Å². The van der Waals surface area contributed by atoms with Gasteiger partial charge in [-0.3, -0.25) is 9.78 Å². The van der Waals surface area contributed by atoms with E-state index < -0.39 is 34.0 Å². The third-order valence-corrected chi connectivity index (χ3v) is 4.70. The van der Waals surface area contributed by atoms with Crippen LogP contribution in [0.2, 0.25) is 0 Å². The van der Waals surface area contributed by atoms with Crippen LogP contribution in [0, 0.1) is 11.6 Å². The van der Waals surface area contributed by atoms with Gasteiger partial charge in [-0.05, 0) is 36.4 Å². The molecule has 0 amide bonds. The molecule has 0 atom stereocenters. The van der Waals surface area contributed by atoms with Crippen molar-refractivity contribution in [2.75, 3.05) is 5.73 Å². The molecule has 150 valence electrons. The summed E-state index contributed by atoms with van der Waals surface area (Å²) >= 11 is 0. The van der Waals surface area contributed by atoms with Gasteiger partial charge in [-0.2, -0.15) is 0 Å². The van der Waals surface area contributed by atoms with Crippen LogP contribution in [0.5, 0.6) is 0 Å². The maximum atomic E-state index is 14.5. The van der Waals surface area contributed by atoms with E-state index in [4.69, 9.17) is 5.73 Å². The second-order valence-electron chi connectivity index (χ2n) is 6.69. The lowest BCUT2D eigenvalue weighted by atomic mass is 10.1. The molecule has 0 aliphatic heterocycles. The molecule has 30 heavy (non-hydrogen) atoms. The second-order valence-corrected chi connectivity index (χ2v) is 6.69. The summed E-state index contributed by atoms with van der Waals surface area (Å²) in [6.45, 7) is -0.0692. The summed E-state index contributed by atoms with van der Waals surface area (Å²) in [5, 5.41) is 8.73. The van der Waals surface area contributed by atoms with E-state index in [9.17, 15) is 23.5 Å². The summed E-state index contributed by atoms with van der Waals surface area (Å²) in [6, 6.07) is 14.0. The number of pyridine rings is 2. The minimum absolute atomic E-state index is 0.0692. The zero-order valence-corrected chi connectivity index (χ0v) is 15.5. The van der Waals surface area contributed by atoms with Crippen molar-refractivity contribution < 1.29 is 18.7 Å². The third-order valence-electron chi connectivity index (χ3n) is 4.70. The summed E-state index contributed by atoms with van der Waals surface area (Å²) in [7, 11) is 0. The molecule has 6 nitrogen and oxygen atoms in total. The van der Waals surface area contributed by atoms with Crippen molar-refractivity contribution in [1.29, 1.82) is 0 Å². The van der Waals surface area contributed by atoms with E-state index in [2.05, 4.69) is 4.98 Å². The quantitative estimate of drug-likeness (QED) is 0.503. The molecule has 3 N–H and O–H groups in total. The fourth-order valence-corrected chi connectivity index (χ4v) is 3.29. The maximum absolute atomic E-state index is 14.5. The number of benzene rings is 2. The number of aromatic carboxylic acids is 1. The number of nitrogen functional groups attached to an aromatic ring is 1. The Morgan fingerprint density at radius 1 is 1.03 bits per heavy atom. The third kappa shape index (κ3) is 3.39. The highest BCUT2D eigenvalue weighted by molar-refractivity contribution is 5.93. The number of nitrogens with zero attached hydrogens (tertiary/aromatic N) is 2. The Kier molecular flexibility index (Phi) is 4.75. The molecular formula is C22H15F2N3O3. The number of carboxylic acid groups (broad SMARTS) is 1. The van der Waals surface area contributed by atoms with Crippen molar-refractivity contribution >= 4 is 22.6 Å². The molecule has 0 bridgehead atoms. The lowest BCUT2D eigenvalue weighted by molar-refractivity contribution is 0.0695. The van der Waals surface area contributed by atoms with Crippen molar-refractivity contribution in [1.82, 2.24) is 9.55 Å². The van der Waals surface area contributed by atoms with E-state index >= 15 is 0 Å². The molecule has 2 aromatic carbocycles. The van der Waals surface area contributed by atoms with Crippen molar-refractivity contribution in [2.45, 2.75) is 6.54 Å². The zero-order chi connectivity index (χ0) is 21.4. The first kappa shape index (κ1) is 19.3. The SMILES string of the molecule is Nc1ccc(-c2cccc(Cn3cc(C(=O)O)c(=O)c4c(F)ccc(F)c43)n2)cc1. The van der Waals surface area contributed by atoms with E-state index in [1.807, 2.05) is 0 Å². The van der Waals surface area contributed by atoms with Gasteiger partial charge in [0.05, 0.1) is 28.8 Å². The van der Waals surface area contributed by atoms with Crippen LogP contribution in [-0.4, -0.2) is 20.6 Å². The van der Waals surface area contributed by atoms with Gasteiger partial charge < -0.3 is 15.4 Å². The average molecular weight is 407 g/mol. The summed E-state index contributed by atoms with van der Waals surface area (Å²) in [4.78, 5) is 28.4. The predicted octanol–water partition coefficient (Wildman–Crippen LogP) is 3.67. The number of fused-ring (bicyclic) bond motifs is 1. The molecular weight excluding hydrogens is 392 g/mol. The molecule has 8 heteroatoms. The van der Waals surface area contributed by atoms with Crippen LogP contribution in [0.15, 0.2) is 65.6 Å². The Morgan fingerprint density at radius 3 is 2.43 bits per heavy atom. The Bertz CT molecular complexity index is 1350. The van der Waals surface area contributed by atoms with Gasteiger partial charge in [-0.1, -0.05) is 18.2 Å². The van der Waals surface area contributed by atoms with Crippen molar-refractivity contribution in [2.24, 2.45) is 0 Å². The molecule has 0 unspecified atom stereocenters. The van der Waals surface area contributed by atoms with Gasteiger partial charge in [0.1, 0.15) is 17.2 Å². The number of rotatable bonds is 4. The minimum atomic E-state index is -1.53. The number of hydrogen-bond donors (Lipinski definition) is 2. The Morgan fingerprint density at radius 2 is 1.73 bits per heavy atom. The van der Waals surface area contributed by atoms with Gasteiger partial charge >= 0.3 is 5.97 Å². The number of nitrogens with two attached hydrogens (primary N) is 1. The van der Waals surface area contributed by atoms with Crippen LogP contribution >= 0.6 is 0 Å². The predicted molar refractivity (Wildman–Crippen MR) is 108 cm³/mol. The maximum Gasteiger partial charge on any atom is 0.341 e. The monoisotopic (exact) mass is 407 g/mol. The summed E-state index contributed by atoms with van der Waals surface area (Å²) in [5.41, 5.74) is 6.17. The van der Waals surface area contributed by atoms with Crippen LogP contribution in [0.4, 0.5) is 14.5 Å². The van der Waals surface area contributed by atoms with E-state index in [0.717, 1.165) is 23.9 Å². The van der Waals surface area contributed by atoms with Gasteiger partial charge in [-0.25, -0.2) is 13.6 Å². The zero-order valence-electron chi connectivity index (χ0n) is 15.5. The second kappa shape index (κ2) is 7.40. The molecule has 2 heterocycles. The Hall–Kier alpha value is -4.07. The Balaban J connectivity index is 1.87. The lowest BCUT2D eigenvalue weighted by Gasteiger charge is -2.14. The lowest BCUT2D eigenvalue weighted by Crippen LogP contribution is -2.21. The van der Waals surface area contributed by atoms with Gasteiger partial charge in [0.15, 0.2) is 0 Å².